The fourth-order valence-electron chi connectivity index (χ4n) is 0.811. The lowest BCUT2D eigenvalue weighted by molar-refractivity contribution is -0.146. The Balaban J connectivity index is 2.40. The highest BCUT2D eigenvalue weighted by Crippen LogP contribution is 1.95. The first-order valence-electron chi connectivity index (χ1n) is 4.34. The van der Waals surface area contributed by atoms with Crippen molar-refractivity contribution in [3.63, 3.8) is 0 Å². The van der Waals surface area contributed by atoms with Gasteiger partial charge < -0.3 is 9.47 Å². The molecule has 0 amide bonds. The molecule has 0 fully saturated rings. The summed E-state index contributed by atoms with van der Waals surface area (Å²) >= 11 is 0. The molecule has 0 unspecified atom stereocenters. The maximum Gasteiger partial charge on any atom is 0.359 e. The van der Waals surface area contributed by atoms with E-state index in [1.807, 2.05) is 0 Å². The third-order valence-corrected chi connectivity index (χ3v) is 1.41. The van der Waals surface area contributed by atoms with Gasteiger partial charge in [0.05, 0.1) is 6.61 Å². The van der Waals surface area contributed by atoms with E-state index in [2.05, 4.69) is 19.7 Å². The summed E-state index contributed by atoms with van der Waals surface area (Å²) in [6.45, 7) is 1.51. The number of rotatable bonds is 4. The fraction of sp³-hybridized carbons (Fsp3) is 0.333. The number of carbonyl (C=O) groups excluding carboxylic acids is 2. The molecule has 0 bridgehead atoms. The Labute approximate surface area is 86.2 Å². The lowest BCUT2D eigenvalue weighted by Gasteiger charge is -2.02. The molecule has 1 aromatic rings. The molecule has 1 heterocycles. The lowest BCUT2D eigenvalue weighted by atomic mass is 10.4. The molecule has 0 aromatic carbocycles. The average Bonchev–Trinajstić information content (AvgIpc) is 2.27. The van der Waals surface area contributed by atoms with E-state index >= 15 is 0 Å². The van der Waals surface area contributed by atoms with Crippen molar-refractivity contribution < 1.29 is 19.1 Å². The van der Waals surface area contributed by atoms with Crippen molar-refractivity contribution in [2.24, 2.45) is 0 Å². The van der Waals surface area contributed by atoms with Crippen LogP contribution in [0.3, 0.4) is 0 Å². The van der Waals surface area contributed by atoms with Crippen molar-refractivity contribution in [1.29, 1.82) is 0 Å². The smallest absolute Gasteiger partial charge is 0.359 e. The van der Waals surface area contributed by atoms with Crippen molar-refractivity contribution >= 4 is 11.9 Å². The van der Waals surface area contributed by atoms with Gasteiger partial charge in [-0.05, 0) is 19.1 Å². The largest absolute Gasteiger partial charge is 0.463 e. The summed E-state index contributed by atoms with van der Waals surface area (Å²) in [4.78, 5) is 22.1. The molecule has 6 heteroatoms. The van der Waals surface area contributed by atoms with Crippen LogP contribution in [0.25, 0.3) is 0 Å². The van der Waals surface area contributed by atoms with Crippen LogP contribution in [0.2, 0.25) is 0 Å². The van der Waals surface area contributed by atoms with Gasteiger partial charge in [0.2, 0.25) is 0 Å². The summed E-state index contributed by atoms with van der Waals surface area (Å²) in [7, 11) is 0. The van der Waals surface area contributed by atoms with Gasteiger partial charge >= 0.3 is 11.9 Å². The second-order valence-electron chi connectivity index (χ2n) is 2.49. The van der Waals surface area contributed by atoms with E-state index < -0.39 is 18.5 Å². The number of ether oxygens (including phenoxy) is 2. The van der Waals surface area contributed by atoms with Crippen LogP contribution < -0.4 is 0 Å². The predicted molar refractivity (Wildman–Crippen MR) is 48.9 cm³/mol. The molecule has 0 spiro atoms. The molecule has 80 valence electrons. The normalized spacial score (nSPS) is 9.40. The molecule has 0 saturated carbocycles. The van der Waals surface area contributed by atoms with Gasteiger partial charge in [-0.2, -0.15) is 5.10 Å². The lowest BCUT2D eigenvalue weighted by Crippen LogP contribution is -2.17. The second kappa shape index (κ2) is 5.69. The summed E-state index contributed by atoms with van der Waals surface area (Å²) in [6, 6.07) is 2.99. The summed E-state index contributed by atoms with van der Waals surface area (Å²) in [6.07, 6.45) is 1.43. The van der Waals surface area contributed by atoms with Gasteiger partial charge in [-0.15, -0.1) is 5.10 Å². The van der Waals surface area contributed by atoms with Crippen LogP contribution in [0.5, 0.6) is 0 Å². The Morgan fingerprint density at radius 3 is 2.80 bits per heavy atom. The number of nitrogens with zero attached hydrogens (tertiary/aromatic N) is 2. The zero-order valence-electron chi connectivity index (χ0n) is 8.17. The summed E-state index contributed by atoms with van der Waals surface area (Å²) < 4.78 is 9.20. The highest BCUT2D eigenvalue weighted by atomic mass is 16.6. The van der Waals surface area contributed by atoms with Crippen molar-refractivity contribution in [1.82, 2.24) is 10.2 Å². The van der Waals surface area contributed by atoms with Gasteiger partial charge in [-0.25, -0.2) is 9.59 Å². The molecule has 0 atom stereocenters. The second-order valence-corrected chi connectivity index (χ2v) is 2.49. The van der Waals surface area contributed by atoms with Crippen LogP contribution in [-0.4, -0.2) is 35.3 Å². The molecule has 1 rings (SSSR count). The fourth-order valence-corrected chi connectivity index (χ4v) is 0.811. The van der Waals surface area contributed by atoms with Crippen LogP contribution in [0.4, 0.5) is 0 Å². The van der Waals surface area contributed by atoms with Gasteiger partial charge in [0.1, 0.15) is 0 Å². The zero-order valence-corrected chi connectivity index (χ0v) is 8.17. The van der Waals surface area contributed by atoms with Crippen molar-refractivity contribution in [2.75, 3.05) is 13.2 Å². The third kappa shape index (κ3) is 3.72. The highest BCUT2D eigenvalue weighted by Gasteiger charge is 2.11. The molecule has 1 aromatic heterocycles. The molecule has 0 aliphatic heterocycles. The molecule has 0 N–H and O–H groups in total. The summed E-state index contributed by atoms with van der Waals surface area (Å²) in [5.41, 5.74) is 0.0572. The molecular formula is C9H10N2O4. The Bertz CT molecular complexity index is 339. The Hall–Kier alpha value is -1.98. The quantitative estimate of drug-likeness (QED) is 0.660. The predicted octanol–water partition coefficient (Wildman–Crippen LogP) is 0.196. The zero-order chi connectivity index (χ0) is 11.1. The van der Waals surface area contributed by atoms with Gasteiger partial charge in [-0.1, -0.05) is 0 Å². The molecule has 15 heavy (non-hydrogen) atoms. The van der Waals surface area contributed by atoms with Crippen LogP contribution >= 0.6 is 0 Å². The molecule has 6 nitrogen and oxygen atoms in total. The van der Waals surface area contributed by atoms with E-state index in [4.69, 9.17) is 0 Å². The number of hydrogen-bond acceptors (Lipinski definition) is 6. The SMILES string of the molecule is CCOC(=O)COC(=O)c1cccnn1. The third-order valence-electron chi connectivity index (χ3n) is 1.41. The number of carbonyl (C=O) groups is 2. The number of hydrogen-bond donors (Lipinski definition) is 0. The van der Waals surface area contributed by atoms with E-state index in [1.54, 1.807) is 13.0 Å². The van der Waals surface area contributed by atoms with Crippen LogP contribution in [-0.2, 0) is 14.3 Å². The minimum atomic E-state index is -0.698. The van der Waals surface area contributed by atoms with Crippen molar-refractivity contribution in [3.8, 4) is 0 Å². The molecule has 0 radical (unpaired) electrons. The Morgan fingerprint density at radius 2 is 2.20 bits per heavy atom. The minimum absolute atomic E-state index is 0.0572. The van der Waals surface area contributed by atoms with Gasteiger partial charge in [0.15, 0.2) is 12.3 Å². The van der Waals surface area contributed by atoms with Gasteiger partial charge in [0.25, 0.3) is 0 Å². The first-order valence-corrected chi connectivity index (χ1v) is 4.34. The maximum absolute atomic E-state index is 11.2. The van der Waals surface area contributed by atoms with E-state index in [0.29, 0.717) is 0 Å². The highest BCUT2D eigenvalue weighted by molar-refractivity contribution is 5.88. The topological polar surface area (TPSA) is 78.4 Å². The number of aromatic nitrogens is 2. The molecule has 0 saturated heterocycles. The van der Waals surface area contributed by atoms with Gasteiger partial charge in [-0.3, -0.25) is 0 Å². The monoisotopic (exact) mass is 210 g/mol. The van der Waals surface area contributed by atoms with Crippen LogP contribution in [0.15, 0.2) is 18.3 Å². The Kier molecular flexibility index (Phi) is 4.21. The van der Waals surface area contributed by atoms with E-state index in [1.165, 1.54) is 12.3 Å². The van der Waals surface area contributed by atoms with E-state index in [9.17, 15) is 9.59 Å². The Morgan fingerprint density at radius 1 is 1.40 bits per heavy atom. The minimum Gasteiger partial charge on any atom is -0.463 e. The standard InChI is InChI=1S/C9H10N2O4/c1-2-14-8(12)6-15-9(13)7-4-3-5-10-11-7/h3-5H,2,6H2,1H3. The van der Waals surface area contributed by atoms with Crippen molar-refractivity contribution in [3.05, 3.63) is 24.0 Å². The average molecular weight is 210 g/mol. The maximum atomic E-state index is 11.2. The first kappa shape index (κ1) is 11.1. The molecule has 0 aliphatic carbocycles. The van der Waals surface area contributed by atoms with E-state index in [0.717, 1.165) is 0 Å². The summed E-state index contributed by atoms with van der Waals surface area (Å²) in [5.74, 6) is -1.29. The first-order chi connectivity index (χ1) is 7.24. The molecular weight excluding hydrogens is 200 g/mol. The summed E-state index contributed by atoms with van der Waals surface area (Å²) in [5, 5.41) is 7.03. The van der Waals surface area contributed by atoms with Crippen LogP contribution in [0.1, 0.15) is 17.4 Å². The van der Waals surface area contributed by atoms with Crippen molar-refractivity contribution in [2.45, 2.75) is 6.92 Å². The van der Waals surface area contributed by atoms with Gasteiger partial charge in [0, 0.05) is 6.20 Å². The van der Waals surface area contributed by atoms with Crippen LogP contribution in [0, 0.1) is 0 Å². The van der Waals surface area contributed by atoms with E-state index in [-0.39, 0.29) is 12.3 Å². The molecule has 0 aliphatic rings. The number of esters is 2.